The van der Waals surface area contributed by atoms with Gasteiger partial charge in [-0.1, -0.05) is 38.1 Å². The summed E-state index contributed by atoms with van der Waals surface area (Å²) in [5.74, 6) is 0.619. The Kier molecular flexibility index (Phi) is 5.16. The summed E-state index contributed by atoms with van der Waals surface area (Å²) in [6, 6.07) is 7.13. The van der Waals surface area contributed by atoms with Crippen molar-refractivity contribution in [2.24, 2.45) is 5.92 Å². The van der Waals surface area contributed by atoms with Gasteiger partial charge in [0.2, 0.25) is 0 Å². The minimum atomic E-state index is -0.506. The second kappa shape index (κ2) is 6.40. The maximum atomic E-state index is 11.3. The minimum absolute atomic E-state index is 0.363. The second-order valence-corrected chi connectivity index (χ2v) is 4.92. The van der Waals surface area contributed by atoms with Gasteiger partial charge in [0.1, 0.15) is 0 Å². The smallest absolute Gasteiger partial charge is 0.339 e. The number of amides is 2. The molecule has 0 aliphatic rings. The molecule has 0 aliphatic heterocycles. The van der Waals surface area contributed by atoms with Crippen LogP contribution in [0.4, 0.5) is 4.79 Å². The van der Waals surface area contributed by atoms with Crippen molar-refractivity contribution in [1.29, 1.82) is 0 Å². The minimum Gasteiger partial charge on any atom is -0.339 e. The molecule has 2 amide bonds. The topological polar surface area (TPSA) is 52.6 Å². The molecule has 0 fully saturated rings. The molecule has 18 heavy (non-hydrogen) atoms. The van der Waals surface area contributed by atoms with Crippen LogP contribution in [0.2, 0.25) is 0 Å². The van der Waals surface area contributed by atoms with Crippen LogP contribution in [-0.2, 0) is 6.42 Å². The lowest BCUT2D eigenvalue weighted by atomic mass is 10.00. The second-order valence-electron chi connectivity index (χ2n) is 4.92. The van der Waals surface area contributed by atoms with Crippen LogP contribution in [0, 0.1) is 5.92 Å². The highest BCUT2D eigenvalue weighted by Crippen LogP contribution is 2.20. The fourth-order valence-corrected chi connectivity index (χ4v) is 1.84. The molecule has 0 radical (unpaired) electrons. The first-order valence-corrected chi connectivity index (χ1v) is 6.24. The van der Waals surface area contributed by atoms with Crippen molar-refractivity contribution >= 4 is 6.03 Å². The SMILES string of the molecule is CNC(=O)N(O)C(C)c1ccc(CC(C)C)cc1. The molecule has 0 aromatic heterocycles. The fraction of sp³-hybridized carbons (Fsp3) is 0.500. The quantitative estimate of drug-likeness (QED) is 0.637. The maximum Gasteiger partial charge on any atom is 0.341 e. The molecule has 2 N–H and O–H groups in total. The summed E-state index contributed by atoms with van der Waals surface area (Å²) >= 11 is 0. The number of carbonyl (C=O) groups excluding carboxylic acids is 1. The van der Waals surface area contributed by atoms with Gasteiger partial charge >= 0.3 is 6.03 Å². The van der Waals surface area contributed by atoms with E-state index in [1.165, 1.54) is 12.6 Å². The third-order valence-electron chi connectivity index (χ3n) is 2.89. The van der Waals surface area contributed by atoms with Crippen LogP contribution in [0.3, 0.4) is 0 Å². The fourth-order valence-electron chi connectivity index (χ4n) is 1.84. The van der Waals surface area contributed by atoms with Gasteiger partial charge in [0.15, 0.2) is 0 Å². The van der Waals surface area contributed by atoms with Crippen molar-refractivity contribution in [3.63, 3.8) is 0 Å². The van der Waals surface area contributed by atoms with Crippen LogP contribution < -0.4 is 5.32 Å². The largest absolute Gasteiger partial charge is 0.341 e. The van der Waals surface area contributed by atoms with Gasteiger partial charge in [-0.05, 0) is 30.4 Å². The molecule has 0 saturated heterocycles. The van der Waals surface area contributed by atoms with Crippen LogP contribution in [0.5, 0.6) is 0 Å². The Morgan fingerprint density at radius 3 is 2.28 bits per heavy atom. The summed E-state index contributed by atoms with van der Waals surface area (Å²) in [5.41, 5.74) is 2.18. The maximum absolute atomic E-state index is 11.3. The van der Waals surface area contributed by atoms with Gasteiger partial charge in [-0.2, -0.15) is 5.06 Å². The highest BCUT2D eigenvalue weighted by molar-refractivity contribution is 5.72. The van der Waals surface area contributed by atoms with Gasteiger partial charge in [-0.3, -0.25) is 5.21 Å². The Bertz CT molecular complexity index is 387. The van der Waals surface area contributed by atoms with Crippen LogP contribution in [0.1, 0.15) is 37.9 Å². The molecule has 0 saturated carbocycles. The molecular weight excluding hydrogens is 228 g/mol. The Hall–Kier alpha value is -1.55. The molecule has 1 rings (SSSR count). The molecule has 1 aromatic rings. The van der Waals surface area contributed by atoms with Crippen LogP contribution >= 0.6 is 0 Å². The molecule has 1 atom stereocenters. The standard InChI is InChI=1S/C14H22N2O2/c1-10(2)9-12-5-7-13(8-6-12)11(3)16(18)14(17)15-4/h5-8,10-11,18H,9H2,1-4H3,(H,15,17). The predicted molar refractivity (Wildman–Crippen MR) is 71.5 cm³/mol. The molecule has 0 spiro atoms. The Morgan fingerprint density at radius 1 is 1.28 bits per heavy atom. The molecular formula is C14H22N2O2. The van der Waals surface area contributed by atoms with Crippen molar-refractivity contribution in [3.05, 3.63) is 35.4 Å². The number of rotatable bonds is 4. The molecule has 1 aromatic carbocycles. The average Bonchev–Trinajstić information content (AvgIpc) is 2.36. The monoisotopic (exact) mass is 250 g/mol. The summed E-state index contributed by atoms with van der Waals surface area (Å²) < 4.78 is 0. The first-order valence-electron chi connectivity index (χ1n) is 6.24. The zero-order valence-electron chi connectivity index (χ0n) is 11.5. The number of hydrogen-bond acceptors (Lipinski definition) is 2. The molecule has 4 nitrogen and oxygen atoms in total. The first-order chi connectivity index (χ1) is 8.45. The van der Waals surface area contributed by atoms with Gasteiger partial charge < -0.3 is 5.32 Å². The van der Waals surface area contributed by atoms with E-state index in [2.05, 4.69) is 19.2 Å². The summed E-state index contributed by atoms with van der Waals surface area (Å²) in [7, 11) is 1.49. The van der Waals surface area contributed by atoms with E-state index in [1.807, 2.05) is 24.3 Å². The number of hydrogen-bond donors (Lipinski definition) is 2. The summed E-state index contributed by atoms with van der Waals surface area (Å²) in [4.78, 5) is 11.3. The third-order valence-corrected chi connectivity index (χ3v) is 2.89. The van der Waals surface area contributed by atoms with Gasteiger partial charge in [0, 0.05) is 7.05 Å². The first kappa shape index (κ1) is 14.5. The zero-order valence-corrected chi connectivity index (χ0v) is 11.5. The van der Waals surface area contributed by atoms with Crippen molar-refractivity contribution in [2.45, 2.75) is 33.2 Å². The number of benzene rings is 1. The van der Waals surface area contributed by atoms with Crippen molar-refractivity contribution in [3.8, 4) is 0 Å². The van der Waals surface area contributed by atoms with Crippen molar-refractivity contribution in [2.75, 3.05) is 7.05 Å². The van der Waals surface area contributed by atoms with Crippen molar-refractivity contribution < 1.29 is 10.0 Å². The van der Waals surface area contributed by atoms with E-state index >= 15 is 0 Å². The van der Waals surface area contributed by atoms with E-state index in [0.717, 1.165) is 12.0 Å². The van der Waals surface area contributed by atoms with Gasteiger partial charge in [-0.25, -0.2) is 4.79 Å². The predicted octanol–water partition coefficient (Wildman–Crippen LogP) is 2.98. The lowest BCUT2D eigenvalue weighted by Crippen LogP contribution is -2.37. The number of nitrogens with one attached hydrogen (secondary N) is 1. The Morgan fingerprint density at radius 2 is 1.83 bits per heavy atom. The van der Waals surface area contributed by atoms with Crippen LogP contribution in [0.15, 0.2) is 24.3 Å². The van der Waals surface area contributed by atoms with Gasteiger partial charge in [0.05, 0.1) is 6.04 Å². The van der Waals surface area contributed by atoms with Crippen molar-refractivity contribution in [1.82, 2.24) is 10.4 Å². The molecule has 0 heterocycles. The molecule has 4 heteroatoms. The van der Waals surface area contributed by atoms with Crippen LogP contribution in [0.25, 0.3) is 0 Å². The molecule has 0 aliphatic carbocycles. The van der Waals surface area contributed by atoms with E-state index in [9.17, 15) is 10.0 Å². The van der Waals surface area contributed by atoms with E-state index in [4.69, 9.17) is 0 Å². The Balaban J connectivity index is 2.75. The highest BCUT2D eigenvalue weighted by Gasteiger charge is 2.18. The summed E-state index contributed by atoms with van der Waals surface area (Å²) in [6.45, 7) is 6.14. The van der Waals surface area contributed by atoms with Crippen LogP contribution in [-0.4, -0.2) is 23.3 Å². The Labute approximate surface area is 109 Å². The zero-order chi connectivity index (χ0) is 13.7. The lowest BCUT2D eigenvalue weighted by Gasteiger charge is -2.22. The lowest BCUT2D eigenvalue weighted by molar-refractivity contribution is -0.0738. The highest BCUT2D eigenvalue weighted by atomic mass is 16.5. The normalized spacial score (nSPS) is 12.3. The molecule has 0 bridgehead atoms. The van der Waals surface area contributed by atoms with E-state index in [1.54, 1.807) is 6.92 Å². The summed E-state index contributed by atoms with van der Waals surface area (Å²) in [5, 5.41) is 12.8. The number of urea groups is 1. The molecule has 1 unspecified atom stereocenters. The van der Waals surface area contributed by atoms with E-state index < -0.39 is 6.03 Å². The van der Waals surface area contributed by atoms with Gasteiger partial charge in [-0.15, -0.1) is 0 Å². The van der Waals surface area contributed by atoms with Gasteiger partial charge in [0.25, 0.3) is 0 Å². The van der Waals surface area contributed by atoms with E-state index in [-0.39, 0.29) is 6.04 Å². The number of nitrogens with zero attached hydrogens (tertiary/aromatic N) is 1. The third kappa shape index (κ3) is 3.74. The molecule has 100 valence electrons. The average molecular weight is 250 g/mol. The number of carbonyl (C=O) groups is 1. The summed E-state index contributed by atoms with van der Waals surface area (Å²) in [6.07, 6.45) is 1.03. The van der Waals surface area contributed by atoms with E-state index in [0.29, 0.717) is 11.0 Å². The number of hydroxylamine groups is 2.